The monoisotopic (exact) mass is 519 g/mol. The number of hydrogen-bond acceptors (Lipinski definition) is 4. The van der Waals surface area contributed by atoms with Crippen molar-refractivity contribution in [1.29, 1.82) is 0 Å². The van der Waals surface area contributed by atoms with Crippen molar-refractivity contribution < 1.29 is 37.8 Å². The number of ether oxygens (including phenoxy) is 1. The van der Waals surface area contributed by atoms with Gasteiger partial charge in [0.25, 0.3) is 0 Å². The van der Waals surface area contributed by atoms with E-state index in [-0.39, 0.29) is 30.9 Å². The molecular formula is C28H34F3N2O4+. The predicted octanol–water partition coefficient (Wildman–Crippen LogP) is 4.44. The third kappa shape index (κ3) is 6.83. The van der Waals surface area contributed by atoms with Crippen molar-refractivity contribution in [2.75, 3.05) is 13.6 Å². The SMILES string of the molecule is CC(=[NH+]OCc1ccc(OC2CCCC2)c(C(F)(F)F)c1)c1ccc2c(c1)CCC2N(C)CCC(=O)O. The molecule has 0 bridgehead atoms. The number of hydrogen-bond donors (Lipinski definition) is 2. The molecule has 2 N–H and O–H groups in total. The number of rotatable bonds is 10. The van der Waals surface area contributed by atoms with Gasteiger partial charge in [-0.2, -0.15) is 13.2 Å². The van der Waals surface area contributed by atoms with Gasteiger partial charge in [0.2, 0.25) is 5.71 Å². The maximum atomic E-state index is 13.7. The molecule has 2 aromatic carbocycles. The quantitative estimate of drug-likeness (QED) is 0.359. The van der Waals surface area contributed by atoms with Crippen LogP contribution in [-0.2, 0) is 28.8 Å². The Bertz CT molecular complexity index is 1140. The predicted molar refractivity (Wildman–Crippen MR) is 132 cm³/mol. The summed E-state index contributed by atoms with van der Waals surface area (Å²) in [6.07, 6.45) is 0.794. The van der Waals surface area contributed by atoms with E-state index in [1.807, 2.05) is 20.0 Å². The van der Waals surface area contributed by atoms with Gasteiger partial charge in [0.05, 0.1) is 18.1 Å². The van der Waals surface area contributed by atoms with Crippen LogP contribution in [-0.4, -0.2) is 41.4 Å². The Morgan fingerprint density at radius 3 is 2.59 bits per heavy atom. The summed E-state index contributed by atoms with van der Waals surface area (Å²) in [5.41, 5.74) is 3.71. The van der Waals surface area contributed by atoms with Crippen LogP contribution in [0.4, 0.5) is 13.2 Å². The fourth-order valence-electron chi connectivity index (χ4n) is 5.18. The Balaban J connectivity index is 1.39. The highest BCUT2D eigenvalue weighted by Crippen LogP contribution is 2.39. The second kappa shape index (κ2) is 11.5. The van der Waals surface area contributed by atoms with E-state index < -0.39 is 17.7 Å². The summed E-state index contributed by atoms with van der Waals surface area (Å²) in [4.78, 5) is 18.5. The third-order valence-electron chi connectivity index (χ3n) is 7.24. The van der Waals surface area contributed by atoms with E-state index in [9.17, 15) is 18.0 Å². The van der Waals surface area contributed by atoms with Gasteiger partial charge in [0.15, 0.2) is 6.61 Å². The summed E-state index contributed by atoms with van der Waals surface area (Å²) in [5.74, 6) is -0.927. The number of benzene rings is 2. The first-order valence-electron chi connectivity index (χ1n) is 12.7. The minimum absolute atomic E-state index is 0.0362. The lowest BCUT2D eigenvalue weighted by molar-refractivity contribution is -0.758. The van der Waals surface area contributed by atoms with Crippen molar-refractivity contribution in [3.8, 4) is 5.75 Å². The number of aliphatic carboxylic acids is 1. The molecule has 37 heavy (non-hydrogen) atoms. The van der Waals surface area contributed by atoms with Gasteiger partial charge in [-0.15, -0.1) is 0 Å². The molecular weight excluding hydrogens is 485 g/mol. The lowest BCUT2D eigenvalue weighted by Gasteiger charge is -2.24. The van der Waals surface area contributed by atoms with Gasteiger partial charge in [0.1, 0.15) is 5.75 Å². The van der Waals surface area contributed by atoms with E-state index in [1.54, 1.807) is 6.07 Å². The van der Waals surface area contributed by atoms with Gasteiger partial charge in [0, 0.05) is 25.1 Å². The lowest BCUT2D eigenvalue weighted by atomic mass is 10.0. The smallest absolute Gasteiger partial charge is 0.419 e. The largest absolute Gasteiger partial charge is 0.490 e. The Morgan fingerprint density at radius 2 is 1.89 bits per heavy atom. The van der Waals surface area contributed by atoms with Crippen LogP contribution in [0.3, 0.4) is 0 Å². The summed E-state index contributed by atoms with van der Waals surface area (Å²) in [7, 11) is 1.95. The van der Waals surface area contributed by atoms with Crippen LogP contribution in [0.1, 0.15) is 79.3 Å². The molecule has 2 aliphatic carbocycles. The highest BCUT2D eigenvalue weighted by molar-refractivity contribution is 5.94. The Labute approximate surface area is 215 Å². The second-order valence-electron chi connectivity index (χ2n) is 9.96. The van der Waals surface area contributed by atoms with Crippen LogP contribution in [0.2, 0.25) is 0 Å². The van der Waals surface area contributed by atoms with Gasteiger partial charge in [-0.1, -0.05) is 12.1 Å². The first-order chi connectivity index (χ1) is 17.6. The van der Waals surface area contributed by atoms with Gasteiger partial charge < -0.3 is 9.84 Å². The standard InChI is InChI=1S/C28H33F3N2O4/c1-18(20-8-10-23-21(16-20)9-11-25(23)33(2)14-13-27(34)35)32-36-17-19-7-12-26(24(15-19)28(29,30)31)37-22-5-3-4-6-22/h7-8,10,12,15-16,22,25H,3-6,9,11,13-14,17H2,1-2H3,(H,34,35)/p+1. The summed E-state index contributed by atoms with van der Waals surface area (Å²) < 4.78 is 46.7. The van der Waals surface area contributed by atoms with Crippen LogP contribution in [0.15, 0.2) is 36.4 Å². The minimum Gasteiger partial charge on any atom is -0.490 e. The molecule has 1 atom stereocenters. The molecule has 9 heteroatoms. The van der Waals surface area contributed by atoms with Crippen molar-refractivity contribution in [2.45, 2.75) is 76.8 Å². The fraction of sp³-hybridized carbons (Fsp3) is 0.500. The zero-order chi connectivity index (χ0) is 26.6. The van der Waals surface area contributed by atoms with Crippen molar-refractivity contribution >= 4 is 11.7 Å². The number of alkyl halides is 3. The number of carbonyl (C=O) groups is 1. The van der Waals surface area contributed by atoms with Crippen molar-refractivity contribution in [3.63, 3.8) is 0 Å². The van der Waals surface area contributed by atoms with Gasteiger partial charge in [-0.3, -0.25) is 14.5 Å². The number of halogens is 3. The molecule has 0 heterocycles. The molecule has 0 radical (unpaired) electrons. The summed E-state index contributed by atoms with van der Waals surface area (Å²) >= 11 is 0. The summed E-state index contributed by atoms with van der Waals surface area (Å²) in [6.45, 7) is 2.31. The molecule has 200 valence electrons. The zero-order valence-electron chi connectivity index (χ0n) is 21.2. The maximum absolute atomic E-state index is 13.7. The van der Waals surface area contributed by atoms with Crippen LogP contribution in [0, 0.1) is 0 Å². The topological polar surface area (TPSA) is 73.0 Å². The van der Waals surface area contributed by atoms with Crippen molar-refractivity contribution in [1.82, 2.24) is 4.90 Å². The van der Waals surface area contributed by atoms with Crippen molar-refractivity contribution in [2.24, 2.45) is 0 Å². The Kier molecular flexibility index (Phi) is 8.42. The minimum atomic E-state index is -4.51. The molecule has 1 fully saturated rings. The highest BCUT2D eigenvalue weighted by atomic mass is 19.4. The van der Waals surface area contributed by atoms with Crippen LogP contribution < -0.4 is 9.89 Å². The van der Waals surface area contributed by atoms with E-state index in [1.165, 1.54) is 17.2 Å². The average Bonchev–Trinajstić information content (AvgIpc) is 3.52. The number of nitrogens with one attached hydrogen (secondary N) is 1. The molecule has 6 nitrogen and oxygen atoms in total. The fourth-order valence-corrected chi connectivity index (χ4v) is 5.18. The molecule has 0 aliphatic heterocycles. The molecule has 0 spiro atoms. The van der Waals surface area contributed by atoms with E-state index >= 15 is 0 Å². The average molecular weight is 520 g/mol. The molecule has 2 aliphatic rings. The first-order valence-corrected chi connectivity index (χ1v) is 12.7. The normalized spacial score (nSPS) is 18.3. The molecule has 4 rings (SSSR count). The van der Waals surface area contributed by atoms with Crippen LogP contribution in [0.5, 0.6) is 5.75 Å². The molecule has 1 unspecified atom stereocenters. The molecule has 1 saturated carbocycles. The van der Waals surface area contributed by atoms with Crippen LogP contribution in [0.25, 0.3) is 0 Å². The second-order valence-corrected chi connectivity index (χ2v) is 9.96. The van der Waals surface area contributed by atoms with Gasteiger partial charge >= 0.3 is 12.1 Å². The van der Waals surface area contributed by atoms with Crippen molar-refractivity contribution in [3.05, 3.63) is 64.2 Å². The van der Waals surface area contributed by atoms with Gasteiger partial charge in [-0.25, -0.2) is 0 Å². The molecule has 0 aromatic heterocycles. The van der Waals surface area contributed by atoms with Gasteiger partial charge in [-0.05, 0) is 91.7 Å². The van der Waals surface area contributed by atoms with Crippen LogP contribution >= 0.6 is 0 Å². The van der Waals surface area contributed by atoms with E-state index in [4.69, 9.17) is 14.7 Å². The van der Waals surface area contributed by atoms with E-state index in [0.717, 1.165) is 55.9 Å². The third-order valence-corrected chi connectivity index (χ3v) is 7.24. The Morgan fingerprint density at radius 1 is 1.14 bits per heavy atom. The number of nitrogens with zero attached hydrogens (tertiary/aromatic N) is 1. The zero-order valence-corrected chi connectivity index (χ0v) is 21.2. The van der Waals surface area contributed by atoms with E-state index in [0.29, 0.717) is 12.1 Å². The number of fused-ring (bicyclic) bond motifs is 1. The number of carboxylic acid groups (broad SMARTS) is 1. The maximum Gasteiger partial charge on any atom is 0.419 e. The summed E-state index contributed by atoms with van der Waals surface area (Å²) in [6, 6.07) is 10.4. The summed E-state index contributed by atoms with van der Waals surface area (Å²) in [5, 5.41) is 11.8. The molecule has 0 amide bonds. The first kappa shape index (κ1) is 27.0. The number of carboxylic acids is 1. The highest BCUT2D eigenvalue weighted by Gasteiger charge is 2.35. The van der Waals surface area contributed by atoms with E-state index in [2.05, 4.69) is 22.2 Å². The number of aryl methyl sites for hydroxylation is 1. The molecule has 2 aromatic rings. The molecule has 0 saturated heterocycles. The Hall–Kier alpha value is -3.07. The lowest BCUT2D eigenvalue weighted by Crippen LogP contribution is -2.71.